The number of carbonyl (C=O) groups excluding carboxylic acids is 1. The lowest BCUT2D eigenvalue weighted by Gasteiger charge is -2.30. The van der Waals surface area contributed by atoms with Crippen molar-refractivity contribution in [2.45, 2.75) is 44.7 Å². The highest BCUT2D eigenvalue weighted by molar-refractivity contribution is 8.13. The van der Waals surface area contributed by atoms with Crippen LogP contribution < -0.4 is 0 Å². The summed E-state index contributed by atoms with van der Waals surface area (Å²) in [6, 6.07) is 10.3. The first kappa shape index (κ1) is 13.1. The molecule has 88 valence electrons. The second-order valence-corrected chi connectivity index (χ2v) is 5.30. The van der Waals surface area contributed by atoms with E-state index in [-0.39, 0.29) is 17.3 Å². The Bertz CT molecular complexity index is 327. The third-order valence-electron chi connectivity index (χ3n) is 2.27. The van der Waals surface area contributed by atoms with Crippen LogP contribution in [0.4, 0.5) is 4.79 Å². The number of thioether (sulfide) groups is 1. The zero-order valence-corrected chi connectivity index (χ0v) is 11.1. The van der Waals surface area contributed by atoms with Crippen molar-refractivity contribution in [3.05, 3.63) is 30.3 Å². The second kappa shape index (κ2) is 5.94. The first-order valence-corrected chi connectivity index (χ1v) is 6.39. The number of benzene rings is 1. The lowest BCUT2D eigenvalue weighted by Crippen LogP contribution is -2.39. The fourth-order valence-electron chi connectivity index (χ4n) is 1.66. The van der Waals surface area contributed by atoms with E-state index in [4.69, 9.17) is 0 Å². The van der Waals surface area contributed by atoms with Gasteiger partial charge in [0.2, 0.25) is 0 Å². The average Bonchev–Trinajstić information content (AvgIpc) is 2.17. The van der Waals surface area contributed by atoms with Crippen molar-refractivity contribution >= 4 is 17.0 Å². The van der Waals surface area contributed by atoms with Crippen molar-refractivity contribution < 1.29 is 4.79 Å². The molecule has 0 saturated carbocycles. The van der Waals surface area contributed by atoms with Crippen molar-refractivity contribution in [3.8, 4) is 0 Å². The quantitative estimate of drug-likeness (QED) is 0.740. The zero-order valence-electron chi connectivity index (χ0n) is 10.3. The molecule has 0 aromatic heterocycles. The monoisotopic (exact) mass is 237 g/mol. The van der Waals surface area contributed by atoms with E-state index in [1.807, 2.05) is 62.9 Å². The summed E-state index contributed by atoms with van der Waals surface area (Å²) < 4.78 is 0. The number of nitrogens with zero attached hydrogens (tertiary/aromatic N) is 1. The van der Waals surface area contributed by atoms with Crippen LogP contribution in [0.25, 0.3) is 0 Å². The van der Waals surface area contributed by atoms with Gasteiger partial charge in [-0.25, -0.2) is 0 Å². The van der Waals surface area contributed by atoms with Gasteiger partial charge >= 0.3 is 0 Å². The molecule has 0 fully saturated rings. The Balaban J connectivity index is 2.70. The Morgan fingerprint density at radius 1 is 1.06 bits per heavy atom. The normalized spacial score (nSPS) is 10.9. The minimum absolute atomic E-state index is 0.121. The highest BCUT2D eigenvalue weighted by atomic mass is 32.2. The van der Waals surface area contributed by atoms with E-state index in [1.165, 1.54) is 11.8 Å². The molecule has 0 saturated heterocycles. The van der Waals surface area contributed by atoms with Crippen LogP contribution in [0.1, 0.15) is 27.7 Å². The summed E-state index contributed by atoms with van der Waals surface area (Å²) in [4.78, 5) is 15.0. The number of hydrogen-bond acceptors (Lipinski definition) is 2. The molecular weight excluding hydrogens is 218 g/mol. The third-order valence-corrected chi connectivity index (χ3v) is 3.17. The van der Waals surface area contributed by atoms with Gasteiger partial charge in [0.1, 0.15) is 0 Å². The Hall–Kier alpha value is -0.960. The molecule has 0 N–H and O–H groups in total. The molecule has 0 atom stereocenters. The summed E-state index contributed by atoms with van der Waals surface area (Å²) in [7, 11) is 0. The van der Waals surface area contributed by atoms with Gasteiger partial charge in [-0.15, -0.1) is 0 Å². The molecule has 1 amide bonds. The first-order chi connectivity index (χ1) is 7.52. The molecule has 1 aromatic rings. The van der Waals surface area contributed by atoms with Crippen molar-refractivity contribution in [2.75, 3.05) is 0 Å². The average molecular weight is 237 g/mol. The van der Waals surface area contributed by atoms with Crippen molar-refractivity contribution in [1.29, 1.82) is 0 Å². The SMILES string of the molecule is CC(C)N(C(=O)Sc1ccccc1)C(C)C. The maximum atomic E-state index is 12.1. The lowest BCUT2D eigenvalue weighted by atomic mass is 10.2. The van der Waals surface area contributed by atoms with E-state index < -0.39 is 0 Å². The molecule has 0 aliphatic rings. The van der Waals surface area contributed by atoms with Gasteiger partial charge in [-0.05, 0) is 51.6 Å². The molecule has 0 aliphatic heterocycles. The van der Waals surface area contributed by atoms with Crippen molar-refractivity contribution in [3.63, 3.8) is 0 Å². The Morgan fingerprint density at radius 3 is 2.00 bits per heavy atom. The van der Waals surface area contributed by atoms with Crippen LogP contribution in [-0.2, 0) is 0 Å². The van der Waals surface area contributed by atoms with Gasteiger partial charge in [0.15, 0.2) is 0 Å². The fraction of sp³-hybridized carbons (Fsp3) is 0.462. The second-order valence-electron chi connectivity index (χ2n) is 4.28. The van der Waals surface area contributed by atoms with Gasteiger partial charge in [0.25, 0.3) is 5.24 Å². The standard InChI is InChI=1S/C13H19NOS/c1-10(2)14(11(3)4)13(15)16-12-8-6-5-7-9-12/h5-11H,1-4H3. The molecule has 0 bridgehead atoms. The van der Waals surface area contributed by atoms with Gasteiger partial charge in [-0.3, -0.25) is 4.79 Å². The molecule has 0 heterocycles. The van der Waals surface area contributed by atoms with E-state index >= 15 is 0 Å². The maximum absolute atomic E-state index is 12.1. The van der Waals surface area contributed by atoms with Gasteiger partial charge < -0.3 is 4.90 Å². The number of rotatable bonds is 3. The smallest absolute Gasteiger partial charge is 0.286 e. The fourth-order valence-corrected chi connectivity index (χ4v) is 2.68. The number of hydrogen-bond donors (Lipinski definition) is 0. The van der Waals surface area contributed by atoms with Crippen LogP contribution in [0, 0.1) is 0 Å². The molecule has 1 aromatic carbocycles. The van der Waals surface area contributed by atoms with Crippen LogP contribution in [-0.4, -0.2) is 22.2 Å². The zero-order chi connectivity index (χ0) is 12.1. The van der Waals surface area contributed by atoms with Crippen LogP contribution in [0.2, 0.25) is 0 Å². The van der Waals surface area contributed by atoms with E-state index in [1.54, 1.807) is 0 Å². The number of carbonyl (C=O) groups is 1. The Labute approximate surface area is 102 Å². The van der Waals surface area contributed by atoms with Gasteiger partial charge in [-0.2, -0.15) is 0 Å². The highest BCUT2D eigenvalue weighted by Gasteiger charge is 2.20. The molecule has 1 rings (SSSR count). The summed E-state index contributed by atoms with van der Waals surface area (Å²) in [6.45, 7) is 8.18. The molecule has 16 heavy (non-hydrogen) atoms. The topological polar surface area (TPSA) is 20.3 Å². The van der Waals surface area contributed by atoms with Crippen LogP contribution in [0.15, 0.2) is 35.2 Å². The maximum Gasteiger partial charge on any atom is 0.286 e. The lowest BCUT2D eigenvalue weighted by molar-refractivity contribution is 0.190. The van der Waals surface area contributed by atoms with Crippen molar-refractivity contribution in [1.82, 2.24) is 4.90 Å². The van der Waals surface area contributed by atoms with Crippen LogP contribution >= 0.6 is 11.8 Å². The highest BCUT2D eigenvalue weighted by Crippen LogP contribution is 2.23. The Morgan fingerprint density at radius 2 is 1.56 bits per heavy atom. The predicted octanol–water partition coefficient (Wildman–Crippen LogP) is 4.02. The molecule has 0 radical (unpaired) electrons. The Kier molecular flexibility index (Phi) is 4.87. The van der Waals surface area contributed by atoms with E-state index in [0.717, 1.165) is 4.90 Å². The minimum Gasteiger partial charge on any atom is -0.328 e. The molecular formula is C13H19NOS. The minimum atomic E-state index is 0.121. The summed E-state index contributed by atoms with van der Waals surface area (Å²) >= 11 is 1.30. The molecule has 3 heteroatoms. The van der Waals surface area contributed by atoms with Crippen LogP contribution in [0.3, 0.4) is 0 Å². The van der Waals surface area contributed by atoms with Gasteiger partial charge in [0, 0.05) is 17.0 Å². The van der Waals surface area contributed by atoms with Gasteiger partial charge in [0.05, 0.1) is 0 Å². The third kappa shape index (κ3) is 3.56. The van der Waals surface area contributed by atoms with Crippen LogP contribution in [0.5, 0.6) is 0 Å². The molecule has 0 aliphatic carbocycles. The summed E-state index contributed by atoms with van der Waals surface area (Å²) in [5.41, 5.74) is 0. The summed E-state index contributed by atoms with van der Waals surface area (Å²) in [5.74, 6) is 0. The number of amides is 1. The largest absolute Gasteiger partial charge is 0.328 e. The van der Waals surface area contributed by atoms with Crippen molar-refractivity contribution in [2.24, 2.45) is 0 Å². The molecule has 0 spiro atoms. The first-order valence-electron chi connectivity index (χ1n) is 5.57. The van der Waals surface area contributed by atoms with E-state index in [2.05, 4.69) is 0 Å². The molecule has 0 unspecified atom stereocenters. The summed E-state index contributed by atoms with van der Waals surface area (Å²) in [6.07, 6.45) is 0. The van der Waals surface area contributed by atoms with E-state index in [9.17, 15) is 4.79 Å². The molecule has 2 nitrogen and oxygen atoms in total. The van der Waals surface area contributed by atoms with E-state index in [0.29, 0.717) is 0 Å². The van der Waals surface area contributed by atoms with Gasteiger partial charge in [-0.1, -0.05) is 18.2 Å². The summed E-state index contributed by atoms with van der Waals surface area (Å²) in [5, 5.41) is 0.121. The predicted molar refractivity (Wildman–Crippen MR) is 69.8 cm³/mol.